The molecular weight excluding hydrogens is 264 g/mol. The van der Waals surface area contributed by atoms with Gasteiger partial charge < -0.3 is 14.5 Å². The molecule has 0 unspecified atom stereocenters. The maximum absolute atomic E-state index is 12.2. The highest BCUT2D eigenvalue weighted by Crippen LogP contribution is 2.35. The van der Waals surface area contributed by atoms with Gasteiger partial charge in [0.2, 0.25) is 0 Å². The van der Waals surface area contributed by atoms with Crippen molar-refractivity contribution in [2.24, 2.45) is 0 Å². The van der Waals surface area contributed by atoms with Crippen LogP contribution in [0.25, 0.3) is 0 Å². The normalized spacial score (nSPS) is 21.0. The number of fused-ring (bicyclic) bond motifs is 3. The Hall–Kier alpha value is -1.71. The lowest BCUT2D eigenvalue weighted by Gasteiger charge is -2.39. The van der Waals surface area contributed by atoms with E-state index in [0.717, 1.165) is 26.1 Å². The molecule has 1 fully saturated rings. The number of benzene rings is 1. The van der Waals surface area contributed by atoms with Crippen molar-refractivity contribution in [3.8, 4) is 0 Å². The van der Waals surface area contributed by atoms with Crippen molar-refractivity contribution in [1.82, 2.24) is 4.90 Å². The number of hydrogen-bond donors (Lipinski definition) is 0. The van der Waals surface area contributed by atoms with Crippen LogP contribution in [-0.2, 0) is 11.2 Å². The average molecular weight is 288 g/mol. The molecule has 2 aliphatic rings. The molecule has 4 nitrogen and oxygen atoms in total. The van der Waals surface area contributed by atoms with Gasteiger partial charge in [-0.05, 0) is 51.3 Å². The third-order valence-electron chi connectivity index (χ3n) is 4.14. The van der Waals surface area contributed by atoms with E-state index in [-0.39, 0.29) is 6.09 Å². The molecule has 0 aromatic heterocycles. The predicted molar refractivity (Wildman–Crippen MR) is 83.8 cm³/mol. The fraction of sp³-hybridized carbons (Fsp3) is 0.588. The molecule has 0 radical (unpaired) electrons. The van der Waals surface area contributed by atoms with E-state index in [2.05, 4.69) is 30.0 Å². The summed E-state index contributed by atoms with van der Waals surface area (Å²) in [5.74, 6) is 0. The monoisotopic (exact) mass is 288 g/mol. The molecule has 0 N–H and O–H groups in total. The summed E-state index contributed by atoms with van der Waals surface area (Å²) in [6.07, 6.45) is 0.837. The van der Waals surface area contributed by atoms with Crippen LogP contribution in [0.4, 0.5) is 10.5 Å². The van der Waals surface area contributed by atoms with Gasteiger partial charge in [0, 0.05) is 25.3 Å². The van der Waals surface area contributed by atoms with Gasteiger partial charge in [0.05, 0.1) is 6.04 Å². The number of carbonyl (C=O) groups is 1. The molecule has 2 heterocycles. The molecule has 0 saturated carbocycles. The highest BCUT2D eigenvalue weighted by atomic mass is 16.6. The summed E-state index contributed by atoms with van der Waals surface area (Å²) in [7, 11) is 0. The Bertz CT molecular complexity index is 562. The largest absolute Gasteiger partial charge is 0.444 e. The van der Waals surface area contributed by atoms with Gasteiger partial charge in [-0.15, -0.1) is 0 Å². The standard InChI is InChI=1S/C17H24N2O2/c1-12-5-6-13-10-14-11-18(16(20)21-17(2,3)4)7-8-19(14)15(13)9-12/h5-6,9,14H,7-8,10-11H2,1-4H3/t14-/m0/s1. The first-order chi connectivity index (χ1) is 9.83. The zero-order valence-corrected chi connectivity index (χ0v) is 13.3. The van der Waals surface area contributed by atoms with Gasteiger partial charge in [-0.3, -0.25) is 0 Å². The number of ether oxygens (including phenoxy) is 1. The van der Waals surface area contributed by atoms with E-state index in [1.54, 1.807) is 0 Å². The fourth-order valence-corrected chi connectivity index (χ4v) is 3.21. The summed E-state index contributed by atoms with van der Waals surface area (Å²) in [5.41, 5.74) is 3.62. The first-order valence-corrected chi connectivity index (χ1v) is 7.67. The Morgan fingerprint density at radius 3 is 2.76 bits per heavy atom. The molecular formula is C17H24N2O2. The van der Waals surface area contributed by atoms with Crippen molar-refractivity contribution < 1.29 is 9.53 Å². The van der Waals surface area contributed by atoms with Crippen LogP contribution in [0.15, 0.2) is 18.2 Å². The van der Waals surface area contributed by atoms with Crippen LogP contribution in [0.5, 0.6) is 0 Å². The van der Waals surface area contributed by atoms with Crippen molar-refractivity contribution in [1.29, 1.82) is 0 Å². The van der Waals surface area contributed by atoms with E-state index in [9.17, 15) is 4.79 Å². The number of piperazine rings is 1. The molecule has 21 heavy (non-hydrogen) atoms. The summed E-state index contributed by atoms with van der Waals surface area (Å²) in [6, 6.07) is 7.05. The van der Waals surface area contributed by atoms with Crippen molar-refractivity contribution >= 4 is 11.8 Å². The van der Waals surface area contributed by atoms with E-state index in [4.69, 9.17) is 4.74 Å². The van der Waals surface area contributed by atoms with Crippen molar-refractivity contribution in [3.05, 3.63) is 29.3 Å². The summed E-state index contributed by atoms with van der Waals surface area (Å²) in [5, 5.41) is 0. The third-order valence-corrected chi connectivity index (χ3v) is 4.14. The van der Waals surface area contributed by atoms with E-state index in [0.29, 0.717) is 6.04 Å². The van der Waals surface area contributed by atoms with Crippen LogP contribution >= 0.6 is 0 Å². The first-order valence-electron chi connectivity index (χ1n) is 7.67. The number of carbonyl (C=O) groups excluding carboxylic acids is 1. The molecule has 2 aliphatic heterocycles. The molecule has 0 aliphatic carbocycles. The molecule has 1 aromatic rings. The van der Waals surface area contributed by atoms with Gasteiger partial charge in [-0.25, -0.2) is 4.79 Å². The lowest BCUT2D eigenvalue weighted by atomic mass is 10.1. The van der Waals surface area contributed by atoms with Crippen molar-refractivity contribution in [2.45, 2.75) is 45.8 Å². The van der Waals surface area contributed by atoms with Crippen LogP contribution in [-0.4, -0.2) is 42.3 Å². The first kappa shape index (κ1) is 14.2. The van der Waals surface area contributed by atoms with Gasteiger partial charge in [0.1, 0.15) is 5.60 Å². The highest BCUT2D eigenvalue weighted by Gasteiger charge is 2.36. The van der Waals surface area contributed by atoms with Crippen LogP contribution in [0, 0.1) is 6.92 Å². The second-order valence-corrected chi connectivity index (χ2v) is 7.11. The third kappa shape index (κ3) is 2.85. The van der Waals surface area contributed by atoms with Crippen molar-refractivity contribution in [2.75, 3.05) is 24.5 Å². The minimum Gasteiger partial charge on any atom is -0.444 e. The summed E-state index contributed by atoms with van der Waals surface area (Å²) >= 11 is 0. The Labute approximate surface area is 126 Å². The van der Waals surface area contributed by atoms with E-state index in [1.807, 2.05) is 25.7 Å². The van der Waals surface area contributed by atoms with E-state index >= 15 is 0 Å². The van der Waals surface area contributed by atoms with Crippen LogP contribution in [0.2, 0.25) is 0 Å². The topological polar surface area (TPSA) is 32.8 Å². The summed E-state index contributed by atoms with van der Waals surface area (Å²) < 4.78 is 5.49. The van der Waals surface area contributed by atoms with Gasteiger partial charge in [-0.2, -0.15) is 0 Å². The molecule has 1 aromatic carbocycles. The maximum Gasteiger partial charge on any atom is 0.410 e. The number of anilines is 1. The Morgan fingerprint density at radius 1 is 1.29 bits per heavy atom. The lowest BCUT2D eigenvalue weighted by Crippen LogP contribution is -2.54. The van der Waals surface area contributed by atoms with Crippen LogP contribution in [0.3, 0.4) is 0 Å². The second-order valence-electron chi connectivity index (χ2n) is 7.11. The van der Waals surface area contributed by atoms with Crippen molar-refractivity contribution in [3.63, 3.8) is 0 Å². The quantitative estimate of drug-likeness (QED) is 0.736. The average Bonchev–Trinajstić information content (AvgIpc) is 2.73. The van der Waals surface area contributed by atoms with E-state index < -0.39 is 5.60 Å². The fourth-order valence-electron chi connectivity index (χ4n) is 3.21. The van der Waals surface area contributed by atoms with Gasteiger partial charge in [-0.1, -0.05) is 12.1 Å². The van der Waals surface area contributed by atoms with Gasteiger partial charge >= 0.3 is 6.09 Å². The summed E-state index contributed by atoms with van der Waals surface area (Å²) in [6.45, 7) is 10.2. The second kappa shape index (κ2) is 4.93. The molecule has 0 bridgehead atoms. The molecule has 1 amide bonds. The van der Waals surface area contributed by atoms with Crippen LogP contribution < -0.4 is 4.90 Å². The number of hydrogen-bond acceptors (Lipinski definition) is 3. The lowest BCUT2D eigenvalue weighted by molar-refractivity contribution is 0.0217. The Morgan fingerprint density at radius 2 is 2.05 bits per heavy atom. The number of amides is 1. The minimum atomic E-state index is -0.427. The Kier molecular flexibility index (Phi) is 3.34. The minimum absolute atomic E-state index is 0.186. The maximum atomic E-state index is 12.2. The smallest absolute Gasteiger partial charge is 0.410 e. The number of nitrogens with zero attached hydrogens (tertiary/aromatic N) is 2. The molecule has 1 saturated heterocycles. The highest BCUT2D eigenvalue weighted by molar-refractivity contribution is 5.70. The number of rotatable bonds is 0. The van der Waals surface area contributed by atoms with E-state index in [1.165, 1.54) is 16.8 Å². The molecule has 1 atom stereocenters. The van der Waals surface area contributed by atoms with Crippen LogP contribution in [0.1, 0.15) is 31.9 Å². The number of aryl methyl sites for hydroxylation is 1. The summed E-state index contributed by atoms with van der Waals surface area (Å²) in [4.78, 5) is 16.5. The molecule has 3 rings (SSSR count). The zero-order chi connectivity index (χ0) is 15.2. The molecule has 0 spiro atoms. The van der Waals surface area contributed by atoms with Gasteiger partial charge in [0.25, 0.3) is 0 Å². The SMILES string of the molecule is Cc1ccc2c(c1)N1CCN(C(=O)OC(C)(C)C)C[C@@H]1C2. The zero-order valence-electron chi connectivity index (χ0n) is 13.3. The van der Waals surface area contributed by atoms with Gasteiger partial charge in [0.15, 0.2) is 0 Å². The molecule has 4 heteroatoms. The Balaban J connectivity index is 1.71. The predicted octanol–water partition coefficient (Wildman–Crippen LogP) is 2.98. The molecule has 114 valence electrons.